The quantitative estimate of drug-likeness (QED) is 0.196. The molecule has 10 heteroatoms. The fraction of sp³-hybridized carbons (Fsp3) is 0.0370. The zero-order valence-electron chi connectivity index (χ0n) is 19.4. The van der Waals surface area contributed by atoms with Gasteiger partial charge < -0.3 is 20.2 Å². The molecular formula is C27H21N7O3. The van der Waals surface area contributed by atoms with Crippen molar-refractivity contribution in [2.45, 2.75) is 6.54 Å². The number of aromatic carboxylic acids is 1. The number of carboxylic acids is 1. The Hall–Kier alpha value is -5.38. The number of nitrogens with zero attached hydrogens (tertiary/aromatic N) is 5. The first kappa shape index (κ1) is 23.4. The molecule has 0 aliphatic carbocycles. The molecule has 0 saturated carbocycles. The summed E-state index contributed by atoms with van der Waals surface area (Å²) >= 11 is 0. The molecule has 2 heterocycles. The van der Waals surface area contributed by atoms with Gasteiger partial charge in [-0.1, -0.05) is 48.5 Å². The van der Waals surface area contributed by atoms with Crippen molar-refractivity contribution < 1.29 is 14.3 Å². The number of para-hydroxylation sites is 2. The van der Waals surface area contributed by atoms with Crippen LogP contribution in [0.3, 0.4) is 0 Å². The van der Waals surface area contributed by atoms with Crippen LogP contribution in [-0.4, -0.2) is 26.0 Å². The minimum atomic E-state index is -0.998. The Kier molecular flexibility index (Phi) is 6.89. The SMILES string of the molecule is O=C(O)c1cccc(-c2ccc(CN=Nc3nc(Nc4ccccc4)nc(Nc4ccccc4)n3)o2)c1. The maximum absolute atomic E-state index is 11.2. The van der Waals surface area contributed by atoms with E-state index in [1.54, 1.807) is 30.3 Å². The van der Waals surface area contributed by atoms with Gasteiger partial charge in [0.1, 0.15) is 18.1 Å². The van der Waals surface area contributed by atoms with E-state index < -0.39 is 5.97 Å². The molecule has 0 unspecified atom stereocenters. The van der Waals surface area contributed by atoms with Crippen LogP contribution in [0.25, 0.3) is 11.3 Å². The molecule has 10 nitrogen and oxygen atoms in total. The second kappa shape index (κ2) is 10.9. The van der Waals surface area contributed by atoms with E-state index in [1.807, 2.05) is 60.7 Å². The lowest BCUT2D eigenvalue weighted by Gasteiger charge is -2.08. The van der Waals surface area contributed by atoms with Crippen molar-refractivity contribution >= 4 is 35.2 Å². The normalized spacial score (nSPS) is 10.9. The average Bonchev–Trinajstić information content (AvgIpc) is 3.39. The number of hydrogen-bond acceptors (Lipinski definition) is 9. The summed E-state index contributed by atoms with van der Waals surface area (Å²) in [5.41, 5.74) is 2.48. The zero-order valence-corrected chi connectivity index (χ0v) is 19.4. The van der Waals surface area contributed by atoms with E-state index in [0.29, 0.717) is 29.0 Å². The van der Waals surface area contributed by atoms with Crippen LogP contribution in [0.2, 0.25) is 0 Å². The fourth-order valence-electron chi connectivity index (χ4n) is 3.41. The zero-order chi connectivity index (χ0) is 25.5. The number of benzene rings is 3. The molecule has 5 rings (SSSR count). The summed E-state index contributed by atoms with van der Waals surface area (Å²) in [4.78, 5) is 24.4. The van der Waals surface area contributed by atoms with Crippen molar-refractivity contribution in [1.29, 1.82) is 0 Å². The van der Waals surface area contributed by atoms with Crippen LogP contribution in [-0.2, 0) is 6.54 Å². The van der Waals surface area contributed by atoms with E-state index in [9.17, 15) is 9.90 Å². The Morgan fingerprint density at radius 2 is 1.43 bits per heavy atom. The molecule has 0 aliphatic rings. The van der Waals surface area contributed by atoms with E-state index in [1.165, 1.54) is 6.07 Å². The number of hydrogen-bond donors (Lipinski definition) is 3. The van der Waals surface area contributed by atoms with E-state index >= 15 is 0 Å². The van der Waals surface area contributed by atoms with Crippen molar-refractivity contribution in [3.63, 3.8) is 0 Å². The standard InChI is InChI=1S/C27H21N7O3/c35-24(36)19-9-7-8-18(16-19)23-15-14-22(37-23)17-28-34-27-32-25(29-20-10-3-1-4-11-20)31-26(33-27)30-21-12-5-2-6-13-21/h1-16H,17H2,(H,35,36)(H2,29,30,31,32,33). The molecule has 0 saturated heterocycles. The number of carbonyl (C=O) groups is 1. The summed E-state index contributed by atoms with van der Waals surface area (Å²) in [6.45, 7) is 0.146. The molecule has 0 fully saturated rings. The molecular weight excluding hydrogens is 470 g/mol. The third-order valence-corrected chi connectivity index (χ3v) is 5.13. The Bertz CT molecular complexity index is 1480. The first-order valence-electron chi connectivity index (χ1n) is 11.3. The second-order valence-electron chi connectivity index (χ2n) is 7.82. The summed E-state index contributed by atoms with van der Waals surface area (Å²) in [6, 6.07) is 29.1. The summed E-state index contributed by atoms with van der Waals surface area (Å²) in [5, 5.41) is 23.9. The molecule has 3 aromatic carbocycles. The van der Waals surface area contributed by atoms with Gasteiger partial charge in [-0.15, -0.1) is 5.11 Å². The monoisotopic (exact) mass is 491 g/mol. The van der Waals surface area contributed by atoms with Crippen LogP contribution in [0.5, 0.6) is 0 Å². The Labute approximate surface area is 211 Å². The lowest BCUT2D eigenvalue weighted by atomic mass is 10.1. The fourth-order valence-corrected chi connectivity index (χ4v) is 3.41. The van der Waals surface area contributed by atoms with Gasteiger partial charge in [0, 0.05) is 16.9 Å². The molecule has 182 valence electrons. The Balaban J connectivity index is 1.34. The molecule has 2 aromatic heterocycles. The number of carboxylic acid groups (broad SMARTS) is 1. The van der Waals surface area contributed by atoms with Crippen molar-refractivity contribution in [3.05, 3.63) is 108 Å². The van der Waals surface area contributed by atoms with Gasteiger partial charge in [0.2, 0.25) is 11.9 Å². The first-order valence-corrected chi connectivity index (χ1v) is 11.3. The molecule has 5 aromatic rings. The first-order chi connectivity index (χ1) is 18.1. The third kappa shape index (κ3) is 6.20. The highest BCUT2D eigenvalue weighted by molar-refractivity contribution is 5.89. The van der Waals surface area contributed by atoms with Gasteiger partial charge in [-0.05, 0) is 48.5 Å². The molecule has 37 heavy (non-hydrogen) atoms. The van der Waals surface area contributed by atoms with Crippen LogP contribution in [0.4, 0.5) is 29.2 Å². The van der Waals surface area contributed by atoms with Crippen LogP contribution >= 0.6 is 0 Å². The van der Waals surface area contributed by atoms with E-state index in [2.05, 4.69) is 35.8 Å². The largest absolute Gasteiger partial charge is 0.478 e. The van der Waals surface area contributed by atoms with Crippen molar-refractivity contribution in [2.24, 2.45) is 10.2 Å². The van der Waals surface area contributed by atoms with Gasteiger partial charge in [-0.25, -0.2) is 4.79 Å². The summed E-state index contributed by atoms with van der Waals surface area (Å²) in [5.74, 6) is 0.838. The molecule has 0 aliphatic heterocycles. The highest BCUT2D eigenvalue weighted by Crippen LogP contribution is 2.24. The van der Waals surface area contributed by atoms with Crippen molar-refractivity contribution in [3.8, 4) is 11.3 Å². The second-order valence-corrected chi connectivity index (χ2v) is 7.82. The number of aromatic nitrogens is 3. The highest BCUT2D eigenvalue weighted by atomic mass is 16.4. The van der Waals surface area contributed by atoms with Gasteiger partial charge in [-0.3, -0.25) is 0 Å². The Morgan fingerprint density at radius 3 is 2.05 bits per heavy atom. The predicted molar refractivity (Wildman–Crippen MR) is 139 cm³/mol. The Morgan fingerprint density at radius 1 is 0.784 bits per heavy atom. The lowest BCUT2D eigenvalue weighted by molar-refractivity contribution is 0.0697. The number of furan rings is 1. The maximum Gasteiger partial charge on any atom is 0.335 e. The average molecular weight is 492 g/mol. The molecule has 3 N–H and O–H groups in total. The summed E-state index contributed by atoms with van der Waals surface area (Å²) < 4.78 is 5.82. The number of nitrogens with one attached hydrogen (secondary N) is 2. The van der Waals surface area contributed by atoms with E-state index in [0.717, 1.165) is 11.4 Å². The minimum absolute atomic E-state index is 0.118. The van der Waals surface area contributed by atoms with Crippen LogP contribution in [0.1, 0.15) is 16.1 Å². The van der Waals surface area contributed by atoms with Crippen LogP contribution < -0.4 is 10.6 Å². The smallest absolute Gasteiger partial charge is 0.335 e. The number of anilines is 4. The van der Waals surface area contributed by atoms with Gasteiger partial charge in [0.25, 0.3) is 5.95 Å². The minimum Gasteiger partial charge on any atom is -0.478 e. The molecule has 0 atom stereocenters. The van der Waals surface area contributed by atoms with Crippen molar-refractivity contribution in [1.82, 2.24) is 15.0 Å². The molecule has 0 radical (unpaired) electrons. The molecule has 0 bridgehead atoms. The predicted octanol–water partition coefficient (Wildman–Crippen LogP) is 6.60. The van der Waals surface area contributed by atoms with Crippen LogP contribution in [0.15, 0.2) is 112 Å². The third-order valence-electron chi connectivity index (χ3n) is 5.13. The van der Waals surface area contributed by atoms with E-state index in [-0.39, 0.29) is 18.1 Å². The van der Waals surface area contributed by atoms with E-state index in [4.69, 9.17) is 4.42 Å². The van der Waals surface area contributed by atoms with Gasteiger partial charge >= 0.3 is 5.97 Å². The molecule has 0 amide bonds. The van der Waals surface area contributed by atoms with Crippen LogP contribution in [0, 0.1) is 0 Å². The number of azo groups is 1. The van der Waals surface area contributed by atoms with Gasteiger partial charge in [-0.2, -0.15) is 20.1 Å². The summed E-state index contributed by atoms with van der Waals surface area (Å²) in [7, 11) is 0. The van der Waals surface area contributed by atoms with Crippen molar-refractivity contribution in [2.75, 3.05) is 10.6 Å². The van der Waals surface area contributed by atoms with Gasteiger partial charge in [0.05, 0.1) is 5.56 Å². The number of rotatable bonds is 9. The van der Waals surface area contributed by atoms with Gasteiger partial charge in [0.15, 0.2) is 0 Å². The maximum atomic E-state index is 11.2. The lowest BCUT2D eigenvalue weighted by Crippen LogP contribution is -2.03. The molecule has 0 spiro atoms. The topological polar surface area (TPSA) is 138 Å². The highest BCUT2D eigenvalue weighted by Gasteiger charge is 2.10. The summed E-state index contributed by atoms with van der Waals surface area (Å²) in [6.07, 6.45) is 0.